The topological polar surface area (TPSA) is 97.6 Å². The van der Waals surface area contributed by atoms with Gasteiger partial charge in [-0.25, -0.2) is 9.78 Å². The van der Waals surface area contributed by atoms with Crippen LogP contribution in [0.3, 0.4) is 0 Å². The molecule has 0 spiro atoms. The zero-order chi connectivity index (χ0) is 17.7. The first-order valence-electron chi connectivity index (χ1n) is 8.12. The molecule has 1 aromatic rings. The molecule has 0 aromatic carbocycles. The third kappa shape index (κ3) is 4.64. The first-order chi connectivity index (χ1) is 11.4. The number of nitro groups is 1. The number of ether oxygens (including phenoxy) is 1. The number of pyridine rings is 1. The minimum absolute atomic E-state index is 0.0708. The third-order valence-corrected chi connectivity index (χ3v) is 4.04. The highest BCUT2D eigenvalue weighted by Crippen LogP contribution is 2.26. The molecule has 0 radical (unpaired) electrons. The van der Waals surface area contributed by atoms with Crippen LogP contribution in [0.25, 0.3) is 0 Å². The Bertz CT molecular complexity index is 598. The first-order valence-corrected chi connectivity index (χ1v) is 8.12. The number of piperidine rings is 1. The molecular formula is C16H24N4O4. The van der Waals surface area contributed by atoms with E-state index >= 15 is 0 Å². The van der Waals surface area contributed by atoms with E-state index in [0.29, 0.717) is 5.92 Å². The third-order valence-electron chi connectivity index (χ3n) is 4.04. The van der Waals surface area contributed by atoms with E-state index in [9.17, 15) is 14.9 Å². The standard InChI is InChI=1S/C16H24N4O4/c1-11(2)10-19-6-4-13(5-7-19)18-15-14(20(22)23)8-12(9-17-15)16(21)24-3/h8-9,11,13H,4-7,10H2,1-3H3,(H,17,18). The van der Waals surface area contributed by atoms with Crippen molar-refractivity contribution >= 4 is 17.5 Å². The summed E-state index contributed by atoms with van der Waals surface area (Å²) in [5.41, 5.74) is -0.135. The van der Waals surface area contributed by atoms with Gasteiger partial charge in [0.05, 0.1) is 17.6 Å². The summed E-state index contributed by atoms with van der Waals surface area (Å²) in [6.45, 7) is 7.38. The minimum atomic E-state index is -0.640. The van der Waals surface area contributed by atoms with Crippen molar-refractivity contribution < 1.29 is 14.5 Å². The molecule has 1 saturated heterocycles. The van der Waals surface area contributed by atoms with E-state index in [4.69, 9.17) is 0 Å². The molecule has 2 rings (SSSR count). The Labute approximate surface area is 141 Å². The van der Waals surface area contributed by atoms with Gasteiger partial charge in [-0.1, -0.05) is 13.8 Å². The molecule has 0 saturated carbocycles. The Balaban J connectivity index is 2.05. The van der Waals surface area contributed by atoms with Crippen molar-refractivity contribution in [3.8, 4) is 0 Å². The minimum Gasteiger partial charge on any atom is -0.465 e. The molecule has 132 valence electrons. The van der Waals surface area contributed by atoms with Gasteiger partial charge in [0.1, 0.15) is 0 Å². The number of hydrogen-bond acceptors (Lipinski definition) is 7. The zero-order valence-corrected chi connectivity index (χ0v) is 14.3. The highest BCUT2D eigenvalue weighted by molar-refractivity contribution is 5.90. The first kappa shape index (κ1) is 18.1. The van der Waals surface area contributed by atoms with E-state index in [1.165, 1.54) is 19.4 Å². The molecule has 1 fully saturated rings. The summed E-state index contributed by atoms with van der Waals surface area (Å²) < 4.78 is 4.58. The number of nitrogens with one attached hydrogen (secondary N) is 1. The van der Waals surface area contributed by atoms with Crippen LogP contribution in [0.2, 0.25) is 0 Å². The van der Waals surface area contributed by atoms with Crippen molar-refractivity contribution in [1.82, 2.24) is 9.88 Å². The summed E-state index contributed by atoms with van der Waals surface area (Å²) >= 11 is 0. The van der Waals surface area contributed by atoms with Crippen LogP contribution in [-0.2, 0) is 4.74 Å². The van der Waals surface area contributed by atoms with Gasteiger partial charge in [0.25, 0.3) is 0 Å². The molecular weight excluding hydrogens is 312 g/mol. The summed E-state index contributed by atoms with van der Waals surface area (Å²) in [5, 5.41) is 14.4. The van der Waals surface area contributed by atoms with E-state index in [1.807, 2.05) is 0 Å². The lowest BCUT2D eigenvalue weighted by Gasteiger charge is -2.33. The molecule has 0 aliphatic carbocycles. The molecule has 0 bridgehead atoms. The second-order valence-corrected chi connectivity index (χ2v) is 6.45. The largest absolute Gasteiger partial charge is 0.465 e. The average molecular weight is 336 g/mol. The van der Waals surface area contributed by atoms with Gasteiger partial charge >= 0.3 is 11.7 Å². The Morgan fingerprint density at radius 1 is 1.50 bits per heavy atom. The number of aromatic nitrogens is 1. The Morgan fingerprint density at radius 2 is 2.17 bits per heavy atom. The van der Waals surface area contributed by atoms with Crippen molar-refractivity contribution in [2.24, 2.45) is 5.92 Å². The Hall–Kier alpha value is -2.22. The lowest BCUT2D eigenvalue weighted by atomic mass is 10.0. The normalized spacial score (nSPS) is 16.2. The summed E-state index contributed by atoms with van der Waals surface area (Å²) in [6.07, 6.45) is 3.11. The number of rotatable bonds is 6. The van der Waals surface area contributed by atoms with Crippen molar-refractivity contribution in [3.05, 3.63) is 27.9 Å². The molecule has 1 N–H and O–H groups in total. The van der Waals surface area contributed by atoms with Gasteiger partial charge in [-0.2, -0.15) is 0 Å². The van der Waals surface area contributed by atoms with Crippen LogP contribution in [0, 0.1) is 16.0 Å². The zero-order valence-electron chi connectivity index (χ0n) is 14.3. The van der Waals surface area contributed by atoms with E-state index in [2.05, 4.69) is 33.8 Å². The van der Waals surface area contributed by atoms with Crippen molar-refractivity contribution in [2.45, 2.75) is 32.7 Å². The monoisotopic (exact) mass is 336 g/mol. The second kappa shape index (κ2) is 8.05. The SMILES string of the molecule is COC(=O)c1cnc(NC2CCN(CC(C)C)CC2)c([N+](=O)[O-])c1. The second-order valence-electron chi connectivity index (χ2n) is 6.45. The Kier molecular flexibility index (Phi) is 6.08. The Morgan fingerprint density at radius 3 is 2.71 bits per heavy atom. The van der Waals surface area contributed by atoms with Crippen LogP contribution in [0.4, 0.5) is 11.5 Å². The van der Waals surface area contributed by atoms with Gasteiger partial charge in [-0.05, 0) is 18.8 Å². The summed E-state index contributed by atoms with van der Waals surface area (Å²) in [5.74, 6) is 0.192. The van der Waals surface area contributed by atoms with E-state index in [-0.39, 0.29) is 23.1 Å². The van der Waals surface area contributed by atoms with Gasteiger partial charge in [-0.3, -0.25) is 10.1 Å². The highest BCUT2D eigenvalue weighted by Gasteiger charge is 2.24. The van der Waals surface area contributed by atoms with E-state index < -0.39 is 10.9 Å². The molecule has 0 amide bonds. The number of carbonyl (C=O) groups excluding carboxylic acids is 1. The number of esters is 1. The fourth-order valence-electron chi connectivity index (χ4n) is 2.90. The predicted molar refractivity (Wildman–Crippen MR) is 90.2 cm³/mol. The number of methoxy groups -OCH3 is 1. The van der Waals surface area contributed by atoms with Crippen LogP contribution >= 0.6 is 0 Å². The smallest absolute Gasteiger partial charge is 0.339 e. The van der Waals surface area contributed by atoms with Crippen molar-refractivity contribution in [1.29, 1.82) is 0 Å². The number of carbonyl (C=O) groups is 1. The predicted octanol–water partition coefficient (Wildman–Crippen LogP) is 2.31. The number of likely N-dealkylation sites (tertiary alicyclic amines) is 1. The molecule has 2 heterocycles. The van der Waals surface area contributed by atoms with Gasteiger partial charge in [0, 0.05) is 37.9 Å². The quantitative estimate of drug-likeness (QED) is 0.483. The maximum absolute atomic E-state index is 11.5. The van der Waals surface area contributed by atoms with Crippen LogP contribution < -0.4 is 5.32 Å². The molecule has 1 aliphatic heterocycles. The molecule has 1 aliphatic rings. The van der Waals surface area contributed by atoms with Gasteiger partial charge in [0.15, 0.2) is 0 Å². The van der Waals surface area contributed by atoms with Crippen molar-refractivity contribution in [2.75, 3.05) is 32.1 Å². The van der Waals surface area contributed by atoms with Crippen LogP contribution in [-0.4, -0.2) is 53.6 Å². The summed E-state index contributed by atoms with van der Waals surface area (Å²) in [6, 6.07) is 1.35. The van der Waals surface area contributed by atoms with Gasteiger partial charge < -0.3 is 15.0 Å². The van der Waals surface area contributed by atoms with Crippen LogP contribution in [0.1, 0.15) is 37.0 Å². The molecule has 0 atom stereocenters. The summed E-state index contributed by atoms with van der Waals surface area (Å²) in [7, 11) is 1.23. The lowest BCUT2D eigenvalue weighted by Crippen LogP contribution is -2.40. The summed E-state index contributed by atoms with van der Waals surface area (Å²) in [4.78, 5) is 28.7. The van der Waals surface area contributed by atoms with Crippen LogP contribution in [0.15, 0.2) is 12.3 Å². The molecule has 24 heavy (non-hydrogen) atoms. The molecule has 8 heteroatoms. The highest BCUT2D eigenvalue weighted by atomic mass is 16.6. The van der Waals surface area contributed by atoms with Gasteiger partial charge in [-0.15, -0.1) is 0 Å². The number of anilines is 1. The van der Waals surface area contributed by atoms with E-state index in [0.717, 1.165) is 32.5 Å². The maximum atomic E-state index is 11.5. The maximum Gasteiger partial charge on any atom is 0.339 e. The number of hydrogen-bond donors (Lipinski definition) is 1. The fourth-order valence-corrected chi connectivity index (χ4v) is 2.90. The van der Waals surface area contributed by atoms with E-state index in [1.54, 1.807) is 0 Å². The fraction of sp³-hybridized carbons (Fsp3) is 0.625. The number of nitrogens with zero attached hydrogens (tertiary/aromatic N) is 3. The molecule has 1 aromatic heterocycles. The van der Waals surface area contributed by atoms with Crippen molar-refractivity contribution in [3.63, 3.8) is 0 Å². The lowest BCUT2D eigenvalue weighted by molar-refractivity contribution is -0.384. The molecule has 8 nitrogen and oxygen atoms in total. The molecule has 0 unspecified atom stereocenters. The average Bonchev–Trinajstić information content (AvgIpc) is 2.55. The van der Waals surface area contributed by atoms with Gasteiger partial charge in [0.2, 0.25) is 5.82 Å². The van der Waals surface area contributed by atoms with Crippen LogP contribution in [0.5, 0.6) is 0 Å².